The van der Waals surface area contributed by atoms with E-state index in [2.05, 4.69) is 5.32 Å². The molecule has 0 aromatic heterocycles. The Morgan fingerprint density at radius 2 is 1.92 bits per heavy atom. The van der Waals surface area contributed by atoms with Crippen molar-refractivity contribution in [1.82, 2.24) is 5.32 Å². The van der Waals surface area contributed by atoms with Crippen molar-refractivity contribution < 1.29 is 13.2 Å². The number of alkyl halides is 3. The van der Waals surface area contributed by atoms with Gasteiger partial charge < -0.3 is 5.32 Å². The number of piperidine rings is 1. The van der Waals surface area contributed by atoms with Gasteiger partial charge in [-0.15, -0.1) is 0 Å². The van der Waals surface area contributed by atoms with E-state index >= 15 is 0 Å². The van der Waals surface area contributed by atoms with Gasteiger partial charge in [0, 0.05) is 6.04 Å². The zero-order valence-corrected chi connectivity index (χ0v) is 7.99. The Hall–Kier alpha value is -0.250. The van der Waals surface area contributed by atoms with Crippen LogP contribution in [0.25, 0.3) is 0 Å². The summed E-state index contributed by atoms with van der Waals surface area (Å²) in [6.07, 6.45) is -3.13. The molecule has 1 nitrogen and oxygen atoms in total. The summed E-state index contributed by atoms with van der Waals surface area (Å²) in [7, 11) is 0. The van der Waals surface area contributed by atoms with E-state index < -0.39 is 18.1 Å². The van der Waals surface area contributed by atoms with Crippen LogP contribution in [-0.2, 0) is 0 Å². The van der Waals surface area contributed by atoms with Crippen molar-refractivity contribution in [2.24, 2.45) is 11.8 Å². The quantitative estimate of drug-likeness (QED) is 0.678. The van der Waals surface area contributed by atoms with Gasteiger partial charge in [0.05, 0.1) is 5.92 Å². The van der Waals surface area contributed by atoms with Crippen LogP contribution in [0.1, 0.15) is 26.7 Å². The number of nitrogens with one attached hydrogen (secondary N) is 1. The highest BCUT2D eigenvalue weighted by atomic mass is 19.4. The van der Waals surface area contributed by atoms with Crippen LogP contribution in [0, 0.1) is 11.8 Å². The summed E-state index contributed by atoms with van der Waals surface area (Å²) >= 11 is 0. The topological polar surface area (TPSA) is 12.0 Å². The SMILES string of the molecule is CC(C)[C@H]1NCCC[C@@H]1C(F)(F)F. The van der Waals surface area contributed by atoms with Crippen molar-refractivity contribution in [2.75, 3.05) is 6.54 Å². The lowest BCUT2D eigenvalue weighted by molar-refractivity contribution is -0.191. The molecule has 1 aliphatic rings. The van der Waals surface area contributed by atoms with Gasteiger partial charge in [-0.3, -0.25) is 0 Å². The van der Waals surface area contributed by atoms with Crippen molar-refractivity contribution in [3.8, 4) is 0 Å². The van der Waals surface area contributed by atoms with Gasteiger partial charge in [0.15, 0.2) is 0 Å². The standard InChI is InChI=1S/C9H16F3N/c1-6(2)8-7(9(10,11)12)4-3-5-13-8/h6-8,13H,3-5H2,1-2H3/t7-,8+/m0/s1. The molecule has 1 heterocycles. The molecule has 2 atom stereocenters. The maximum atomic E-state index is 12.5. The number of hydrogen-bond acceptors (Lipinski definition) is 1. The van der Waals surface area contributed by atoms with Gasteiger partial charge in [0.2, 0.25) is 0 Å². The highest BCUT2D eigenvalue weighted by Crippen LogP contribution is 2.36. The second-order valence-corrected chi connectivity index (χ2v) is 4.01. The van der Waals surface area contributed by atoms with E-state index in [9.17, 15) is 13.2 Å². The van der Waals surface area contributed by atoms with E-state index in [0.29, 0.717) is 6.42 Å². The molecule has 0 amide bonds. The molecular weight excluding hydrogens is 179 g/mol. The molecule has 4 heteroatoms. The van der Waals surface area contributed by atoms with E-state index in [4.69, 9.17) is 0 Å². The third kappa shape index (κ3) is 2.59. The van der Waals surface area contributed by atoms with Crippen LogP contribution in [-0.4, -0.2) is 18.8 Å². The largest absolute Gasteiger partial charge is 0.393 e. The van der Waals surface area contributed by atoms with Crippen molar-refractivity contribution >= 4 is 0 Å². The summed E-state index contributed by atoms with van der Waals surface area (Å²) in [6.45, 7) is 4.39. The molecule has 0 aromatic carbocycles. The van der Waals surface area contributed by atoms with E-state index in [1.807, 2.05) is 13.8 Å². The van der Waals surface area contributed by atoms with Gasteiger partial charge >= 0.3 is 6.18 Å². The smallest absolute Gasteiger partial charge is 0.313 e. The minimum atomic E-state index is -4.04. The molecule has 1 N–H and O–H groups in total. The monoisotopic (exact) mass is 195 g/mol. The lowest BCUT2D eigenvalue weighted by Gasteiger charge is -2.36. The summed E-state index contributed by atoms with van der Waals surface area (Å²) in [5.41, 5.74) is 0. The molecule has 78 valence electrons. The van der Waals surface area contributed by atoms with Crippen molar-refractivity contribution in [3.63, 3.8) is 0 Å². The first-order valence-corrected chi connectivity index (χ1v) is 4.73. The first-order chi connectivity index (χ1) is 5.93. The van der Waals surface area contributed by atoms with Gasteiger partial charge in [-0.05, 0) is 25.3 Å². The fraction of sp³-hybridized carbons (Fsp3) is 1.00. The second-order valence-electron chi connectivity index (χ2n) is 4.01. The minimum Gasteiger partial charge on any atom is -0.313 e. The summed E-state index contributed by atoms with van der Waals surface area (Å²) in [6, 6.07) is -0.395. The van der Waals surface area contributed by atoms with E-state index in [1.54, 1.807) is 0 Å². The third-order valence-electron chi connectivity index (χ3n) is 2.64. The number of rotatable bonds is 1. The number of hydrogen-bond donors (Lipinski definition) is 1. The molecule has 0 saturated carbocycles. The molecule has 0 aromatic rings. The minimum absolute atomic E-state index is 0.0481. The van der Waals surface area contributed by atoms with Gasteiger partial charge in [0.25, 0.3) is 0 Å². The maximum Gasteiger partial charge on any atom is 0.393 e. The Balaban J connectivity index is 2.67. The zero-order valence-electron chi connectivity index (χ0n) is 7.99. The van der Waals surface area contributed by atoms with E-state index in [-0.39, 0.29) is 12.3 Å². The summed E-state index contributed by atoms with van der Waals surface area (Å²) < 4.78 is 37.5. The molecule has 13 heavy (non-hydrogen) atoms. The highest BCUT2D eigenvalue weighted by molar-refractivity contribution is 4.87. The maximum absolute atomic E-state index is 12.5. The van der Waals surface area contributed by atoms with Crippen LogP contribution < -0.4 is 5.32 Å². The molecule has 0 unspecified atom stereocenters. The predicted molar refractivity (Wildman–Crippen MR) is 45.4 cm³/mol. The lowest BCUT2D eigenvalue weighted by Crippen LogP contribution is -2.50. The van der Waals surface area contributed by atoms with Crippen LogP contribution in [0.3, 0.4) is 0 Å². The predicted octanol–water partition coefficient (Wildman–Crippen LogP) is 2.57. The molecule has 1 aliphatic heterocycles. The summed E-state index contributed by atoms with van der Waals surface area (Å²) in [5.74, 6) is -1.10. The molecule has 0 radical (unpaired) electrons. The van der Waals surface area contributed by atoms with Crippen LogP contribution in [0.4, 0.5) is 13.2 Å². The van der Waals surface area contributed by atoms with Crippen LogP contribution in [0.15, 0.2) is 0 Å². The average Bonchev–Trinajstić information content (AvgIpc) is 2.03. The molecule has 1 rings (SSSR count). The van der Waals surface area contributed by atoms with Crippen molar-refractivity contribution in [3.05, 3.63) is 0 Å². The van der Waals surface area contributed by atoms with Crippen molar-refractivity contribution in [1.29, 1.82) is 0 Å². The Labute approximate surface area is 76.7 Å². The Morgan fingerprint density at radius 1 is 1.31 bits per heavy atom. The van der Waals surface area contributed by atoms with Crippen LogP contribution in [0.2, 0.25) is 0 Å². The Morgan fingerprint density at radius 3 is 2.31 bits per heavy atom. The Kier molecular flexibility index (Phi) is 3.22. The van der Waals surface area contributed by atoms with E-state index in [1.165, 1.54) is 0 Å². The van der Waals surface area contributed by atoms with Gasteiger partial charge in [-0.25, -0.2) is 0 Å². The first-order valence-electron chi connectivity index (χ1n) is 4.73. The van der Waals surface area contributed by atoms with Crippen molar-refractivity contribution in [2.45, 2.75) is 38.9 Å². The van der Waals surface area contributed by atoms with Crippen LogP contribution in [0.5, 0.6) is 0 Å². The van der Waals surface area contributed by atoms with Crippen LogP contribution >= 0.6 is 0 Å². The average molecular weight is 195 g/mol. The van der Waals surface area contributed by atoms with E-state index in [0.717, 1.165) is 6.54 Å². The number of halogens is 3. The van der Waals surface area contributed by atoms with Gasteiger partial charge in [0.1, 0.15) is 0 Å². The highest BCUT2D eigenvalue weighted by Gasteiger charge is 2.46. The fourth-order valence-corrected chi connectivity index (χ4v) is 1.98. The molecule has 0 aliphatic carbocycles. The van der Waals surface area contributed by atoms with Gasteiger partial charge in [-0.2, -0.15) is 13.2 Å². The fourth-order valence-electron chi connectivity index (χ4n) is 1.98. The molecule has 0 spiro atoms. The Bertz CT molecular complexity index is 165. The second kappa shape index (κ2) is 3.86. The lowest BCUT2D eigenvalue weighted by atomic mass is 9.84. The normalized spacial score (nSPS) is 30.9. The molecular formula is C9H16F3N. The van der Waals surface area contributed by atoms with Gasteiger partial charge in [-0.1, -0.05) is 13.8 Å². The first kappa shape index (κ1) is 10.8. The zero-order chi connectivity index (χ0) is 10.1. The summed E-state index contributed by atoms with van der Waals surface area (Å²) in [4.78, 5) is 0. The molecule has 0 bridgehead atoms. The molecule has 1 saturated heterocycles. The third-order valence-corrected chi connectivity index (χ3v) is 2.64. The summed E-state index contributed by atoms with van der Waals surface area (Å²) in [5, 5.41) is 2.96. The molecule has 1 fully saturated rings.